The quantitative estimate of drug-likeness (QED) is 0.443. The van der Waals surface area contributed by atoms with Crippen molar-refractivity contribution in [1.82, 2.24) is 4.98 Å². The molecule has 0 atom stereocenters. The highest BCUT2D eigenvalue weighted by molar-refractivity contribution is 5.85. The third-order valence-electron chi connectivity index (χ3n) is 4.89. The number of primary amides is 1. The summed E-state index contributed by atoms with van der Waals surface area (Å²) in [7, 11) is 0. The first kappa shape index (κ1) is 25.9. The van der Waals surface area contributed by atoms with E-state index in [-0.39, 0.29) is 17.4 Å². The number of pyridine rings is 1. The van der Waals surface area contributed by atoms with Crippen LogP contribution in [0.5, 0.6) is 11.5 Å². The highest BCUT2D eigenvalue weighted by Crippen LogP contribution is 2.25. The number of nitrogens with one attached hydrogen (secondary N) is 1. The topological polar surface area (TPSA) is 94.4 Å². The van der Waals surface area contributed by atoms with Gasteiger partial charge in [0.2, 0.25) is 0 Å². The Hall–Kier alpha value is -3.35. The summed E-state index contributed by atoms with van der Waals surface area (Å²) in [5, 5.41) is -0.00693. The van der Waals surface area contributed by atoms with Crippen molar-refractivity contribution in [2.45, 2.75) is 52.9 Å². The van der Waals surface area contributed by atoms with E-state index in [0.29, 0.717) is 35.6 Å². The standard InChI is InChI=1S/C21H21FN2O4.C5H12/c1-2-9-27-17-8-7-16(22)19-20(17)24-11-14(21(19)26)10-13-3-5-15(6-4-13)28-12-18(23)25;1-3-5-4-2/h3-8,11H,2,9-10,12H2,1H3,(H2,23,25)(H,24,26);3-5H2,1-2H3. The van der Waals surface area contributed by atoms with Gasteiger partial charge in [0.1, 0.15) is 17.3 Å². The van der Waals surface area contributed by atoms with Crippen molar-refractivity contribution in [3.05, 3.63) is 69.8 Å². The number of halogens is 1. The molecule has 1 heterocycles. The van der Waals surface area contributed by atoms with Gasteiger partial charge in [0.05, 0.1) is 17.5 Å². The first-order valence-corrected chi connectivity index (χ1v) is 11.4. The van der Waals surface area contributed by atoms with E-state index in [2.05, 4.69) is 18.8 Å². The van der Waals surface area contributed by atoms with Gasteiger partial charge in [-0.2, -0.15) is 0 Å². The first-order valence-electron chi connectivity index (χ1n) is 11.4. The Kier molecular flexibility index (Phi) is 10.4. The van der Waals surface area contributed by atoms with Crippen LogP contribution >= 0.6 is 0 Å². The van der Waals surface area contributed by atoms with Gasteiger partial charge in [-0.3, -0.25) is 9.59 Å². The zero-order valence-corrected chi connectivity index (χ0v) is 19.6. The number of hydrogen-bond donors (Lipinski definition) is 2. The van der Waals surface area contributed by atoms with Crippen molar-refractivity contribution in [2.24, 2.45) is 5.73 Å². The average molecular weight is 457 g/mol. The van der Waals surface area contributed by atoms with Crippen LogP contribution in [0.1, 0.15) is 57.6 Å². The highest BCUT2D eigenvalue weighted by atomic mass is 19.1. The molecule has 3 aromatic rings. The second-order valence-corrected chi connectivity index (χ2v) is 7.72. The smallest absolute Gasteiger partial charge is 0.255 e. The lowest BCUT2D eigenvalue weighted by Crippen LogP contribution is -2.20. The molecule has 0 aliphatic heterocycles. The second kappa shape index (κ2) is 13.3. The molecular weight excluding hydrogens is 423 g/mol. The molecule has 0 saturated heterocycles. The largest absolute Gasteiger partial charge is 0.491 e. The van der Waals surface area contributed by atoms with Gasteiger partial charge in [0.15, 0.2) is 12.0 Å². The molecule has 3 rings (SSSR count). The van der Waals surface area contributed by atoms with Crippen molar-refractivity contribution in [3.63, 3.8) is 0 Å². The van der Waals surface area contributed by atoms with E-state index in [4.69, 9.17) is 15.2 Å². The zero-order chi connectivity index (χ0) is 24.2. The maximum Gasteiger partial charge on any atom is 0.255 e. The summed E-state index contributed by atoms with van der Waals surface area (Å²) in [5.74, 6) is -0.190. The number of ether oxygens (including phenoxy) is 2. The minimum Gasteiger partial charge on any atom is -0.491 e. The molecule has 0 radical (unpaired) electrons. The van der Waals surface area contributed by atoms with Gasteiger partial charge in [-0.1, -0.05) is 52.2 Å². The molecule has 7 heteroatoms. The predicted molar refractivity (Wildman–Crippen MR) is 129 cm³/mol. The molecule has 0 spiro atoms. The van der Waals surface area contributed by atoms with Crippen molar-refractivity contribution in [3.8, 4) is 11.5 Å². The van der Waals surface area contributed by atoms with Gasteiger partial charge in [0.25, 0.3) is 5.91 Å². The monoisotopic (exact) mass is 456 g/mol. The van der Waals surface area contributed by atoms with Crippen LogP contribution in [-0.2, 0) is 11.2 Å². The number of aromatic amines is 1. The normalized spacial score (nSPS) is 10.4. The number of unbranched alkanes of at least 4 members (excludes halogenated alkanes) is 2. The van der Waals surface area contributed by atoms with E-state index in [1.807, 2.05) is 6.92 Å². The summed E-state index contributed by atoms with van der Waals surface area (Å²) < 4.78 is 25.2. The van der Waals surface area contributed by atoms with Gasteiger partial charge < -0.3 is 20.2 Å². The van der Waals surface area contributed by atoms with Crippen LogP contribution in [0, 0.1) is 5.82 Å². The lowest BCUT2D eigenvalue weighted by molar-refractivity contribution is -0.119. The zero-order valence-electron chi connectivity index (χ0n) is 19.6. The summed E-state index contributed by atoms with van der Waals surface area (Å²) >= 11 is 0. The summed E-state index contributed by atoms with van der Waals surface area (Å²) in [4.78, 5) is 26.6. The highest BCUT2D eigenvalue weighted by Gasteiger charge is 2.14. The molecule has 0 aliphatic rings. The third kappa shape index (κ3) is 7.63. The Morgan fingerprint density at radius 1 is 1.00 bits per heavy atom. The molecule has 33 heavy (non-hydrogen) atoms. The fourth-order valence-electron chi connectivity index (χ4n) is 3.20. The Bertz CT molecular complexity index is 1090. The average Bonchev–Trinajstić information content (AvgIpc) is 2.80. The Balaban J connectivity index is 0.000000696. The number of amides is 1. The molecule has 0 fully saturated rings. The summed E-state index contributed by atoms with van der Waals surface area (Å²) in [6.07, 6.45) is 6.79. The summed E-state index contributed by atoms with van der Waals surface area (Å²) in [6.45, 7) is 6.67. The van der Waals surface area contributed by atoms with E-state index < -0.39 is 11.7 Å². The van der Waals surface area contributed by atoms with Crippen molar-refractivity contribution >= 4 is 16.8 Å². The lowest BCUT2D eigenvalue weighted by Gasteiger charge is -2.10. The van der Waals surface area contributed by atoms with E-state index >= 15 is 0 Å². The fourth-order valence-corrected chi connectivity index (χ4v) is 3.20. The van der Waals surface area contributed by atoms with E-state index in [1.165, 1.54) is 31.4 Å². The SMILES string of the molecule is CCCCC.CCCOc1ccc(F)c2c(=O)c(Cc3ccc(OCC(N)=O)cc3)c[nH]c12. The minimum atomic E-state index is -0.586. The predicted octanol–water partition coefficient (Wildman–Crippen LogP) is 5.11. The molecule has 1 amide bonds. The van der Waals surface area contributed by atoms with E-state index in [9.17, 15) is 14.0 Å². The van der Waals surface area contributed by atoms with E-state index in [0.717, 1.165) is 12.0 Å². The van der Waals surface area contributed by atoms with Crippen LogP contribution in [0.15, 0.2) is 47.4 Å². The fraction of sp³-hybridized carbons (Fsp3) is 0.385. The van der Waals surface area contributed by atoms with Crippen molar-refractivity contribution in [2.75, 3.05) is 13.2 Å². The molecule has 0 aliphatic carbocycles. The number of nitrogens with two attached hydrogens (primary N) is 1. The first-order chi connectivity index (χ1) is 15.9. The minimum absolute atomic E-state index is 0.00693. The van der Waals surface area contributed by atoms with Crippen LogP contribution in [-0.4, -0.2) is 24.1 Å². The molecule has 178 valence electrons. The number of H-pyrrole nitrogens is 1. The van der Waals surface area contributed by atoms with Crippen LogP contribution in [0.2, 0.25) is 0 Å². The molecule has 3 N–H and O–H groups in total. The molecule has 0 saturated carbocycles. The van der Waals surface area contributed by atoms with Gasteiger partial charge in [-0.25, -0.2) is 4.39 Å². The van der Waals surface area contributed by atoms with Gasteiger partial charge in [-0.15, -0.1) is 0 Å². The molecule has 0 bridgehead atoms. The maximum atomic E-state index is 14.3. The third-order valence-corrected chi connectivity index (χ3v) is 4.89. The number of fused-ring (bicyclic) bond motifs is 1. The number of rotatable bonds is 10. The molecule has 0 unspecified atom stereocenters. The Labute approximate surface area is 193 Å². The number of hydrogen-bond acceptors (Lipinski definition) is 4. The molecule has 6 nitrogen and oxygen atoms in total. The number of carbonyl (C=O) groups is 1. The van der Waals surface area contributed by atoms with Crippen LogP contribution in [0.25, 0.3) is 10.9 Å². The molecular formula is C26H33FN2O4. The molecule has 2 aromatic carbocycles. The van der Waals surface area contributed by atoms with Crippen molar-refractivity contribution < 1.29 is 18.7 Å². The number of carbonyl (C=O) groups excluding carboxylic acids is 1. The summed E-state index contributed by atoms with van der Waals surface area (Å²) in [5.41, 5.74) is 6.31. The summed E-state index contributed by atoms with van der Waals surface area (Å²) in [6, 6.07) is 9.69. The van der Waals surface area contributed by atoms with E-state index in [1.54, 1.807) is 30.5 Å². The van der Waals surface area contributed by atoms with Crippen LogP contribution < -0.4 is 20.6 Å². The van der Waals surface area contributed by atoms with Crippen LogP contribution in [0.4, 0.5) is 4.39 Å². The Morgan fingerprint density at radius 3 is 2.27 bits per heavy atom. The van der Waals surface area contributed by atoms with Gasteiger partial charge in [-0.05, 0) is 36.2 Å². The van der Waals surface area contributed by atoms with Gasteiger partial charge in [0, 0.05) is 18.2 Å². The second-order valence-electron chi connectivity index (χ2n) is 7.72. The van der Waals surface area contributed by atoms with Crippen molar-refractivity contribution in [1.29, 1.82) is 0 Å². The number of aromatic nitrogens is 1. The molecule has 1 aromatic heterocycles. The maximum absolute atomic E-state index is 14.3. The van der Waals surface area contributed by atoms with Crippen LogP contribution in [0.3, 0.4) is 0 Å². The Morgan fingerprint density at radius 2 is 1.70 bits per heavy atom. The number of benzene rings is 2. The van der Waals surface area contributed by atoms with Gasteiger partial charge >= 0.3 is 0 Å². The lowest BCUT2D eigenvalue weighted by atomic mass is 10.0.